The van der Waals surface area contributed by atoms with Crippen molar-refractivity contribution < 1.29 is 27.5 Å². The van der Waals surface area contributed by atoms with Crippen LogP contribution < -0.4 is 10.6 Å². The van der Waals surface area contributed by atoms with Gasteiger partial charge in [0.05, 0.1) is 23.3 Å². The highest BCUT2D eigenvalue weighted by Crippen LogP contribution is 2.26. The molecule has 1 saturated heterocycles. The molecule has 0 bridgehead atoms. The highest BCUT2D eigenvalue weighted by Gasteiger charge is 2.32. The number of halogens is 4. The second-order valence-corrected chi connectivity index (χ2v) is 5.80. The first kappa shape index (κ1) is 18.1. The van der Waals surface area contributed by atoms with Crippen LogP contribution in [0.3, 0.4) is 0 Å². The van der Waals surface area contributed by atoms with E-state index in [4.69, 9.17) is 16.3 Å². The van der Waals surface area contributed by atoms with E-state index in [-0.39, 0.29) is 17.3 Å². The molecule has 2 amide bonds. The largest absolute Gasteiger partial charge is 0.434 e. The van der Waals surface area contributed by atoms with Crippen molar-refractivity contribution in [1.82, 2.24) is 20.4 Å². The molecule has 26 heavy (non-hydrogen) atoms. The van der Waals surface area contributed by atoms with Gasteiger partial charge in [-0.1, -0.05) is 17.7 Å². The molecule has 7 nitrogen and oxygen atoms in total. The minimum Gasteiger partial charge on any atom is -0.434 e. The average molecular weight is 389 g/mol. The van der Waals surface area contributed by atoms with Crippen molar-refractivity contribution in [2.24, 2.45) is 0 Å². The van der Waals surface area contributed by atoms with Crippen LogP contribution in [0.2, 0.25) is 5.02 Å². The fraction of sp³-hybridized carbons (Fsp3) is 0.267. The molecule has 1 aromatic heterocycles. The Morgan fingerprint density at radius 2 is 2.19 bits per heavy atom. The molecule has 1 aliphatic rings. The minimum absolute atomic E-state index is 0.0347. The number of alkyl carbamates (subject to hydrolysis) is 1. The van der Waals surface area contributed by atoms with Crippen molar-refractivity contribution in [3.8, 4) is 0 Å². The first-order chi connectivity index (χ1) is 12.3. The summed E-state index contributed by atoms with van der Waals surface area (Å²) in [5, 5.41) is 8.40. The van der Waals surface area contributed by atoms with E-state index in [0.29, 0.717) is 10.2 Å². The first-order valence-electron chi connectivity index (χ1n) is 7.38. The second kappa shape index (κ2) is 7.24. The Balaban J connectivity index is 1.91. The van der Waals surface area contributed by atoms with Crippen molar-refractivity contribution in [1.29, 1.82) is 0 Å². The highest BCUT2D eigenvalue weighted by atomic mass is 35.5. The van der Waals surface area contributed by atoms with Crippen LogP contribution in [0.4, 0.5) is 18.0 Å². The van der Waals surface area contributed by atoms with E-state index >= 15 is 0 Å². The Labute approximate surface area is 150 Å². The Morgan fingerprint density at radius 1 is 1.42 bits per heavy atom. The van der Waals surface area contributed by atoms with Gasteiger partial charge in [0.25, 0.3) is 5.91 Å². The normalized spacial score (nSPS) is 17.7. The number of carbonyl (C=O) groups is 2. The molecular formula is C15H12ClF3N4O3. The lowest BCUT2D eigenvalue weighted by Crippen LogP contribution is -2.39. The summed E-state index contributed by atoms with van der Waals surface area (Å²) < 4.78 is 44.2. The SMILES string of the molecule is O=C1NC[C@@H](C(=O)N[C@H](c2ccc(F)c(Cl)c2)c2ccn(C(F)F)n2)O1. The molecule has 2 aromatic rings. The van der Waals surface area contributed by atoms with Gasteiger partial charge in [0.1, 0.15) is 5.82 Å². The molecule has 0 saturated carbocycles. The molecule has 2 heterocycles. The van der Waals surface area contributed by atoms with E-state index in [9.17, 15) is 22.8 Å². The molecule has 0 spiro atoms. The molecule has 2 N–H and O–H groups in total. The first-order valence-corrected chi connectivity index (χ1v) is 7.76. The standard InChI is InChI=1S/C15H12ClF3N4O3/c16-8-5-7(1-2-9(8)17)12(10-3-4-23(22-10)14(18)19)21-13(24)11-6-20-15(25)26-11/h1-5,11-12,14H,6H2,(H,20,25)(H,21,24)/t11-,12+/m0/s1. The van der Waals surface area contributed by atoms with E-state index in [1.165, 1.54) is 18.2 Å². The number of nitrogens with one attached hydrogen (secondary N) is 2. The van der Waals surface area contributed by atoms with Crippen LogP contribution in [-0.4, -0.2) is 34.4 Å². The van der Waals surface area contributed by atoms with Gasteiger partial charge in [0, 0.05) is 6.20 Å². The van der Waals surface area contributed by atoms with Gasteiger partial charge in [-0.15, -0.1) is 0 Å². The molecule has 1 aromatic carbocycles. The van der Waals surface area contributed by atoms with Gasteiger partial charge in [-0.3, -0.25) is 4.79 Å². The average Bonchev–Trinajstić information content (AvgIpc) is 3.24. The Morgan fingerprint density at radius 3 is 2.77 bits per heavy atom. The fourth-order valence-corrected chi connectivity index (χ4v) is 2.59. The third-order valence-corrected chi connectivity index (χ3v) is 3.95. The van der Waals surface area contributed by atoms with E-state index in [1.807, 2.05) is 0 Å². The van der Waals surface area contributed by atoms with Crippen molar-refractivity contribution in [2.75, 3.05) is 6.54 Å². The smallest absolute Gasteiger partial charge is 0.408 e. The zero-order chi connectivity index (χ0) is 18.8. The summed E-state index contributed by atoms with van der Waals surface area (Å²) in [4.78, 5) is 23.4. The molecule has 0 unspecified atom stereocenters. The van der Waals surface area contributed by atoms with Crippen LogP contribution in [0, 0.1) is 5.82 Å². The van der Waals surface area contributed by atoms with Crippen LogP contribution in [0.5, 0.6) is 0 Å². The maximum atomic E-state index is 13.4. The van der Waals surface area contributed by atoms with Gasteiger partial charge in [-0.05, 0) is 23.8 Å². The van der Waals surface area contributed by atoms with Gasteiger partial charge in [-0.25, -0.2) is 13.9 Å². The lowest BCUT2D eigenvalue weighted by Gasteiger charge is -2.19. The number of benzene rings is 1. The Hall–Kier alpha value is -2.75. The van der Waals surface area contributed by atoms with Crippen molar-refractivity contribution in [3.63, 3.8) is 0 Å². The number of hydrogen-bond acceptors (Lipinski definition) is 4. The van der Waals surface area contributed by atoms with Gasteiger partial charge in [0.2, 0.25) is 0 Å². The maximum absolute atomic E-state index is 13.4. The third-order valence-electron chi connectivity index (χ3n) is 3.66. The van der Waals surface area contributed by atoms with Gasteiger partial charge < -0.3 is 15.4 Å². The van der Waals surface area contributed by atoms with Crippen LogP contribution in [-0.2, 0) is 9.53 Å². The van der Waals surface area contributed by atoms with Crippen LogP contribution in [0.25, 0.3) is 0 Å². The van der Waals surface area contributed by atoms with Crippen LogP contribution >= 0.6 is 11.6 Å². The second-order valence-electron chi connectivity index (χ2n) is 5.39. The molecule has 3 rings (SSSR count). The van der Waals surface area contributed by atoms with Crippen molar-refractivity contribution in [2.45, 2.75) is 18.7 Å². The van der Waals surface area contributed by atoms with E-state index in [0.717, 1.165) is 12.3 Å². The number of rotatable bonds is 5. The zero-order valence-corrected chi connectivity index (χ0v) is 13.7. The summed E-state index contributed by atoms with van der Waals surface area (Å²) in [6.07, 6.45) is -0.784. The maximum Gasteiger partial charge on any atom is 0.408 e. The predicted molar refractivity (Wildman–Crippen MR) is 83.1 cm³/mol. The summed E-state index contributed by atoms with van der Waals surface area (Å²) in [5.74, 6) is -1.34. The highest BCUT2D eigenvalue weighted by molar-refractivity contribution is 6.30. The molecule has 11 heteroatoms. The molecular weight excluding hydrogens is 377 g/mol. The predicted octanol–water partition coefficient (Wildman–Crippen LogP) is 2.38. The third kappa shape index (κ3) is 3.74. The summed E-state index contributed by atoms with van der Waals surface area (Å²) in [6.45, 7) is -2.90. The van der Waals surface area contributed by atoms with E-state index in [1.54, 1.807) is 0 Å². The summed E-state index contributed by atoms with van der Waals surface area (Å²) in [7, 11) is 0. The molecule has 2 atom stereocenters. The number of ether oxygens (including phenoxy) is 1. The number of carbonyl (C=O) groups excluding carboxylic acids is 2. The summed E-state index contributed by atoms with van der Waals surface area (Å²) in [5.41, 5.74) is 0.403. The lowest BCUT2D eigenvalue weighted by atomic mass is 10.0. The topological polar surface area (TPSA) is 85.3 Å². The minimum atomic E-state index is -2.86. The van der Waals surface area contributed by atoms with Crippen molar-refractivity contribution >= 4 is 23.6 Å². The Bertz CT molecular complexity index is 845. The van der Waals surface area contributed by atoms with Gasteiger partial charge in [0.15, 0.2) is 6.10 Å². The fourth-order valence-electron chi connectivity index (χ4n) is 2.41. The van der Waals surface area contributed by atoms with Crippen molar-refractivity contribution in [3.05, 3.63) is 52.6 Å². The molecule has 0 radical (unpaired) electrons. The number of hydrogen-bond donors (Lipinski definition) is 2. The number of nitrogens with zero attached hydrogens (tertiary/aromatic N) is 2. The zero-order valence-electron chi connectivity index (χ0n) is 13.0. The van der Waals surface area contributed by atoms with Crippen LogP contribution in [0.1, 0.15) is 23.8 Å². The van der Waals surface area contributed by atoms with E-state index in [2.05, 4.69) is 15.7 Å². The summed E-state index contributed by atoms with van der Waals surface area (Å²) in [6, 6.07) is 3.96. The van der Waals surface area contributed by atoms with E-state index < -0.39 is 36.5 Å². The van der Waals surface area contributed by atoms with Gasteiger partial charge in [-0.2, -0.15) is 13.9 Å². The number of alkyl halides is 2. The number of cyclic esters (lactones) is 1. The molecule has 138 valence electrons. The molecule has 0 aliphatic carbocycles. The monoisotopic (exact) mass is 388 g/mol. The summed E-state index contributed by atoms with van der Waals surface area (Å²) >= 11 is 5.77. The number of aromatic nitrogens is 2. The Kier molecular flexibility index (Phi) is 5.03. The lowest BCUT2D eigenvalue weighted by molar-refractivity contribution is -0.128. The molecule has 1 aliphatic heterocycles. The van der Waals surface area contributed by atoms with Gasteiger partial charge >= 0.3 is 12.6 Å². The van der Waals surface area contributed by atoms with Crippen LogP contribution in [0.15, 0.2) is 30.5 Å². The number of amides is 2. The molecule has 1 fully saturated rings. The quantitative estimate of drug-likeness (QED) is 0.823.